The summed E-state index contributed by atoms with van der Waals surface area (Å²) in [4.78, 5) is 39.7. The molecule has 3 amide bonds. The number of amides is 3. The summed E-state index contributed by atoms with van der Waals surface area (Å²) in [7, 11) is 3.24. The summed E-state index contributed by atoms with van der Waals surface area (Å²) in [6.07, 6.45) is 3.11. The Morgan fingerprint density at radius 1 is 1.23 bits per heavy atom. The van der Waals surface area contributed by atoms with Gasteiger partial charge in [-0.25, -0.2) is 0 Å². The lowest BCUT2D eigenvalue weighted by Gasteiger charge is -2.40. The smallest absolute Gasteiger partial charge is 0.245 e. The first-order chi connectivity index (χ1) is 14.0. The Morgan fingerprint density at radius 3 is 2.30 bits per heavy atom. The highest BCUT2D eigenvalue weighted by Gasteiger charge is 2.40. The van der Waals surface area contributed by atoms with Crippen LogP contribution < -0.4 is 16.4 Å². The molecule has 8 heteroatoms. The predicted octanol–water partition coefficient (Wildman–Crippen LogP) is 1.42. The van der Waals surface area contributed by atoms with E-state index in [0.717, 1.165) is 32.2 Å². The fourth-order valence-corrected chi connectivity index (χ4v) is 4.21. The molecule has 0 aromatic carbocycles. The quantitative estimate of drug-likeness (QED) is 0.462. The Balaban J connectivity index is 3.08. The van der Waals surface area contributed by atoms with Crippen LogP contribution in [0.4, 0.5) is 0 Å². The van der Waals surface area contributed by atoms with Crippen molar-refractivity contribution in [3.05, 3.63) is 0 Å². The maximum atomic E-state index is 13.5. The Hall–Kier alpha value is -1.67. The number of nitrogens with two attached hydrogens (primary N) is 1. The van der Waals surface area contributed by atoms with Crippen LogP contribution in [0.25, 0.3) is 0 Å². The van der Waals surface area contributed by atoms with Crippen LogP contribution >= 0.6 is 0 Å². The Labute approximate surface area is 181 Å². The lowest BCUT2D eigenvalue weighted by atomic mass is 9.88. The molecule has 1 rings (SSSR count). The minimum Gasteiger partial charge on any atom is -0.379 e. The number of ether oxygens (including phenoxy) is 1. The van der Waals surface area contributed by atoms with E-state index >= 15 is 0 Å². The Bertz CT molecular complexity index is 590. The molecule has 1 saturated heterocycles. The molecule has 174 valence electrons. The van der Waals surface area contributed by atoms with Crippen LogP contribution in [0.1, 0.15) is 66.7 Å². The van der Waals surface area contributed by atoms with Gasteiger partial charge in [0.05, 0.1) is 24.1 Å². The molecule has 0 aliphatic carbocycles. The summed E-state index contributed by atoms with van der Waals surface area (Å²) in [6, 6.07) is -0.998. The number of nitrogens with zero attached hydrogens (tertiary/aromatic N) is 1. The molecule has 1 aliphatic heterocycles. The van der Waals surface area contributed by atoms with Gasteiger partial charge in [-0.05, 0) is 44.6 Å². The number of likely N-dealkylation sites (N-methyl/N-ethyl adjacent to an activating group) is 1. The van der Waals surface area contributed by atoms with E-state index in [1.165, 1.54) is 7.11 Å². The molecule has 30 heavy (non-hydrogen) atoms. The summed E-state index contributed by atoms with van der Waals surface area (Å²) in [5, 5.41) is 6.29. The van der Waals surface area contributed by atoms with Crippen LogP contribution in [0.5, 0.6) is 0 Å². The molecule has 0 radical (unpaired) electrons. The van der Waals surface area contributed by atoms with Gasteiger partial charge in [-0.15, -0.1) is 0 Å². The zero-order valence-electron chi connectivity index (χ0n) is 19.8. The molecule has 8 nitrogen and oxygen atoms in total. The number of carbonyl (C=O) groups is 3. The Kier molecular flexibility index (Phi) is 10.2. The van der Waals surface area contributed by atoms with Crippen molar-refractivity contribution in [1.82, 2.24) is 15.5 Å². The van der Waals surface area contributed by atoms with E-state index in [1.807, 2.05) is 34.6 Å². The number of primary amides is 1. The van der Waals surface area contributed by atoms with E-state index in [9.17, 15) is 14.4 Å². The summed E-state index contributed by atoms with van der Waals surface area (Å²) in [5.41, 5.74) is 4.74. The molecule has 1 fully saturated rings. The van der Waals surface area contributed by atoms with Crippen molar-refractivity contribution in [1.29, 1.82) is 0 Å². The van der Waals surface area contributed by atoms with E-state index in [4.69, 9.17) is 10.5 Å². The summed E-state index contributed by atoms with van der Waals surface area (Å²) >= 11 is 0. The number of carbonyl (C=O) groups excluding carboxylic acids is 3. The molecule has 0 saturated carbocycles. The highest BCUT2D eigenvalue weighted by atomic mass is 16.5. The van der Waals surface area contributed by atoms with Gasteiger partial charge in [0.25, 0.3) is 0 Å². The van der Waals surface area contributed by atoms with Crippen molar-refractivity contribution in [2.45, 2.75) is 90.4 Å². The van der Waals surface area contributed by atoms with E-state index in [1.54, 1.807) is 11.9 Å². The van der Waals surface area contributed by atoms with Crippen LogP contribution in [-0.4, -0.2) is 67.1 Å². The van der Waals surface area contributed by atoms with Crippen molar-refractivity contribution in [2.75, 3.05) is 20.7 Å². The maximum Gasteiger partial charge on any atom is 0.245 e. The SMILES string of the molecule is CC[C@H](C)C(C(CC(N)=O)OC)N(C)C(=O)[C@@H](NC(=O)[C@]1(C)CCCCN1)C(C)C. The molecule has 1 heterocycles. The molecular weight excluding hydrogens is 384 g/mol. The third-order valence-electron chi connectivity index (χ3n) is 6.45. The second-order valence-electron chi connectivity index (χ2n) is 9.18. The fraction of sp³-hybridized carbons (Fsp3) is 0.864. The number of nitrogens with one attached hydrogen (secondary N) is 2. The zero-order chi connectivity index (χ0) is 23.1. The van der Waals surface area contributed by atoms with E-state index in [2.05, 4.69) is 10.6 Å². The standard InChI is InChI=1S/C22H42N4O4/c1-8-15(4)19(16(30-7)13-17(23)27)26(6)20(28)18(14(2)3)25-21(29)22(5)11-9-10-12-24-22/h14-16,18-19,24H,8-13H2,1-7H3,(H2,23,27)(H,25,29)/t15-,16?,18-,19?,22-/m0/s1. The minimum atomic E-state index is -0.666. The average molecular weight is 427 g/mol. The topological polar surface area (TPSA) is 114 Å². The van der Waals surface area contributed by atoms with Crippen LogP contribution in [0.3, 0.4) is 0 Å². The van der Waals surface area contributed by atoms with Gasteiger partial charge in [-0.1, -0.05) is 34.1 Å². The minimum absolute atomic E-state index is 0.0316. The third kappa shape index (κ3) is 6.67. The van der Waals surface area contributed by atoms with E-state index < -0.39 is 23.6 Å². The molecule has 4 N–H and O–H groups in total. The van der Waals surface area contributed by atoms with Gasteiger partial charge in [-0.2, -0.15) is 0 Å². The number of methoxy groups -OCH3 is 1. The lowest BCUT2D eigenvalue weighted by molar-refractivity contribution is -0.144. The van der Waals surface area contributed by atoms with Crippen molar-refractivity contribution in [2.24, 2.45) is 17.6 Å². The summed E-state index contributed by atoms with van der Waals surface area (Å²) in [5.74, 6) is -0.811. The van der Waals surface area contributed by atoms with Gasteiger partial charge in [0.1, 0.15) is 6.04 Å². The zero-order valence-corrected chi connectivity index (χ0v) is 19.8. The van der Waals surface area contributed by atoms with Crippen molar-refractivity contribution in [3.8, 4) is 0 Å². The monoisotopic (exact) mass is 426 g/mol. The second kappa shape index (κ2) is 11.6. The summed E-state index contributed by atoms with van der Waals surface area (Å²) in [6.45, 7) is 10.6. The number of rotatable bonds is 11. The van der Waals surface area contributed by atoms with Crippen LogP contribution in [0.2, 0.25) is 0 Å². The molecule has 0 aromatic heterocycles. The highest BCUT2D eigenvalue weighted by Crippen LogP contribution is 2.24. The Morgan fingerprint density at radius 2 is 1.87 bits per heavy atom. The van der Waals surface area contributed by atoms with Crippen LogP contribution in [0.15, 0.2) is 0 Å². The molecular formula is C22H42N4O4. The van der Waals surface area contributed by atoms with Crippen LogP contribution in [0, 0.1) is 11.8 Å². The predicted molar refractivity (Wildman–Crippen MR) is 118 cm³/mol. The highest BCUT2D eigenvalue weighted by molar-refractivity contribution is 5.92. The van der Waals surface area contributed by atoms with Crippen molar-refractivity contribution in [3.63, 3.8) is 0 Å². The molecule has 2 unspecified atom stereocenters. The van der Waals surface area contributed by atoms with Crippen molar-refractivity contribution < 1.29 is 19.1 Å². The molecule has 0 bridgehead atoms. The average Bonchev–Trinajstić information content (AvgIpc) is 2.70. The first-order valence-corrected chi connectivity index (χ1v) is 11.1. The van der Waals surface area contributed by atoms with E-state index in [0.29, 0.717) is 0 Å². The van der Waals surface area contributed by atoms with Gasteiger partial charge >= 0.3 is 0 Å². The maximum absolute atomic E-state index is 13.5. The summed E-state index contributed by atoms with van der Waals surface area (Å²) < 4.78 is 5.56. The van der Waals surface area contributed by atoms with Crippen molar-refractivity contribution >= 4 is 17.7 Å². The number of piperidine rings is 1. The number of hydrogen-bond acceptors (Lipinski definition) is 5. The molecule has 5 atom stereocenters. The van der Waals surface area contributed by atoms with Gasteiger partial charge in [0.2, 0.25) is 17.7 Å². The number of hydrogen-bond donors (Lipinski definition) is 3. The fourth-order valence-electron chi connectivity index (χ4n) is 4.21. The van der Waals surface area contributed by atoms with E-state index in [-0.39, 0.29) is 36.1 Å². The first-order valence-electron chi connectivity index (χ1n) is 11.1. The van der Waals surface area contributed by atoms with Gasteiger partial charge < -0.3 is 26.0 Å². The molecule has 0 spiro atoms. The third-order valence-corrected chi connectivity index (χ3v) is 6.45. The van der Waals surface area contributed by atoms with Gasteiger partial charge in [0, 0.05) is 14.2 Å². The lowest BCUT2D eigenvalue weighted by Crippen LogP contribution is -2.63. The van der Waals surface area contributed by atoms with Crippen LogP contribution in [-0.2, 0) is 19.1 Å². The van der Waals surface area contributed by atoms with Gasteiger partial charge in [-0.3, -0.25) is 14.4 Å². The second-order valence-corrected chi connectivity index (χ2v) is 9.18. The molecule has 1 aliphatic rings. The molecule has 0 aromatic rings. The largest absolute Gasteiger partial charge is 0.379 e. The van der Waals surface area contributed by atoms with Gasteiger partial charge in [0.15, 0.2) is 0 Å². The normalized spacial score (nSPS) is 23.3. The first kappa shape index (κ1) is 26.4.